The Labute approximate surface area is 169 Å². The van der Waals surface area contributed by atoms with Gasteiger partial charge in [0, 0.05) is 18.1 Å². The molecule has 1 fully saturated rings. The van der Waals surface area contributed by atoms with Gasteiger partial charge in [-0.15, -0.1) is 0 Å². The first-order valence-corrected chi connectivity index (χ1v) is 10.8. The number of nitrogens with one attached hydrogen (secondary N) is 1. The molecule has 5 nitrogen and oxygen atoms in total. The van der Waals surface area contributed by atoms with Gasteiger partial charge in [0.2, 0.25) is 15.9 Å². The molecular formula is C19H20Cl2N2O3S. The first kappa shape index (κ1) is 20.1. The lowest BCUT2D eigenvalue weighted by molar-refractivity contribution is -0.120. The molecule has 1 aliphatic heterocycles. The molecular weight excluding hydrogens is 407 g/mol. The van der Waals surface area contributed by atoms with Gasteiger partial charge in [-0.2, -0.15) is 4.31 Å². The highest BCUT2D eigenvalue weighted by Gasteiger charge is 2.33. The number of piperidine rings is 1. The lowest BCUT2D eigenvalue weighted by Crippen LogP contribution is -2.43. The van der Waals surface area contributed by atoms with E-state index >= 15 is 0 Å². The smallest absolute Gasteiger partial charge is 0.243 e. The van der Waals surface area contributed by atoms with E-state index in [1.807, 2.05) is 6.92 Å². The van der Waals surface area contributed by atoms with Crippen LogP contribution < -0.4 is 5.32 Å². The highest BCUT2D eigenvalue weighted by atomic mass is 35.5. The molecule has 3 rings (SSSR count). The molecule has 0 aliphatic carbocycles. The second kappa shape index (κ2) is 8.19. The zero-order valence-electron chi connectivity index (χ0n) is 14.8. The third-order valence-corrected chi connectivity index (χ3v) is 7.03. The number of aryl methyl sites for hydroxylation is 1. The van der Waals surface area contributed by atoms with Crippen LogP contribution in [0.15, 0.2) is 47.4 Å². The number of sulfonamides is 1. The summed E-state index contributed by atoms with van der Waals surface area (Å²) in [5.74, 6) is -0.686. The van der Waals surface area contributed by atoms with Crippen LogP contribution in [-0.2, 0) is 14.8 Å². The SMILES string of the molecule is Cc1ccc(S(=O)(=O)N2CCC[C@@H](C(=O)Nc3ccc(Cl)cc3Cl)C2)cc1. The highest BCUT2D eigenvalue weighted by molar-refractivity contribution is 7.89. The van der Waals surface area contributed by atoms with Gasteiger partial charge in [0.1, 0.15) is 0 Å². The van der Waals surface area contributed by atoms with Crippen LogP contribution >= 0.6 is 23.2 Å². The van der Waals surface area contributed by atoms with E-state index in [2.05, 4.69) is 5.32 Å². The molecule has 2 aromatic rings. The summed E-state index contributed by atoms with van der Waals surface area (Å²) in [4.78, 5) is 12.9. The van der Waals surface area contributed by atoms with E-state index in [4.69, 9.17) is 23.2 Å². The molecule has 1 heterocycles. The maximum absolute atomic E-state index is 12.9. The average molecular weight is 427 g/mol. The van der Waals surface area contributed by atoms with Crippen LogP contribution in [0.4, 0.5) is 5.69 Å². The second-order valence-corrected chi connectivity index (χ2v) is 9.41. The number of carbonyl (C=O) groups is 1. The van der Waals surface area contributed by atoms with Gasteiger partial charge in [-0.3, -0.25) is 4.79 Å². The fourth-order valence-electron chi connectivity index (χ4n) is 3.06. The Morgan fingerprint density at radius 1 is 1.15 bits per heavy atom. The summed E-state index contributed by atoms with van der Waals surface area (Å²) >= 11 is 12.0. The second-order valence-electron chi connectivity index (χ2n) is 6.63. The Balaban J connectivity index is 1.73. The summed E-state index contributed by atoms with van der Waals surface area (Å²) in [6, 6.07) is 11.6. The van der Waals surface area contributed by atoms with Gasteiger partial charge in [0.25, 0.3) is 0 Å². The van der Waals surface area contributed by atoms with Crippen molar-refractivity contribution >= 4 is 44.8 Å². The van der Waals surface area contributed by atoms with E-state index in [0.717, 1.165) is 5.56 Å². The normalized spacial score (nSPS) is 18.3. The van der Waals surface area contributed by atoms with Crippen molar-refractivity contribution in [3.8, 4) is 0 Å². The maximum atomic E-state index is 12.9. The topological polar surface area (TPSA) is 66.5 Å². The number of carbonyl (C=O) groups excluding carboxylic acids is 1. The van der Waals surface area contributed by atoms with Crippen molar-refractivity contribution in [1.29, 1.82) is 0 Å². The van der Waals surface area contributed by atoms with Gasteiger partial charge in [0.05, 0.1) is 21.5 Å². The Kier molecular flexibility index (Phi) is 6.11. The van der Waals surface area contributed by atoms with Gasteiger partial charge in [-0.1, -0.05) is 40.9 Å². The van der Waals surface area contributed by atoms with Crippen LogP contribution in [0.1, 0.15) is 18.4 Å². The van der Waals surface area contributed by atoms with Crippen LogP contribution in [0.25, 0.3) is 0 Å². The molecule has 1 amide bonds. The van der Waals surface area contributed by atoms with Gasteiger partial charge in [-0.25, -0.2) is 8.42 Å². The molecule has 1 aliphatic rings. The van der Waals surface area contributed by atoms with Gasteiger partial charge < -0.3 is 5.32 Å². The quantitative estimate of drug-likeness (QED) is 0.790. The van der Waals surface area contributed by atoms with Crippen LogP contribution in [0.5, 0.6) is 0 Å². The molecule has 27 heavy (non-hydrogen) atoms. The summed E-state index contributed by atoms with van der Waals surface area (Å²) in [6.07, 6.45) is 1.24. The number of benzene rings is 2. The van der Waals surface area contributed by atoms with Crippen molar-refractivity contribution < 1.29 is 13.2 Å². The Morgan fingerprint density at radius 3 is 2.52 bits per heavy atom. The molecule has 0 radical (unpaired) electrons. The predicted molar refractivity (Wildman–Crippen MR) is 108 cm³/mol. The van der Waals surface area contributed by atoms with Crippen LogP contribution in [0.2, 0.25) is 10.0 Å². The van der Waals surface area contributed by atoms with Gasteiger partial charge in [0.15, 0.2) is 0 Å². The van der Waals surface area contributed by atoms with E-state index < -0.39 is 15.9 Å². The molecule has 8 heteroatoms. The van der Waals surface area contributed by atoms with Crippen LogP contribution in [0, 0.1) is 12.8 Å². The van der Waals surface area contributed by atoms with Crippen molar-refractivity contribution in [1.82, 2.24) is 4.31 Å². The molecule has 0 bridgehead atoms. The van der Waals surface area contributed by atoms with E-state index in [9.17, 15) is 13.2 Å². The van der Waals surface area contributed by atoms with Crippen molar-refractivity contribution in [3.63, 3.8) is 0 Å². The summed E-state index contributed by atoms with van der Waals surface area (Å²) in [5.41, 5.74) is 1.45. The lowest BCUT2D eigenvalue weighted by atomic mass is 9.99. The van der Waals surface area contributed by atoms with Crippen molar-refractivity contribution in [2.45, 2.75) is 24.7 Å². The zero-order chi connectivity index (χ0) is 19.6. The number of anilines is 1. The van der Waals surface area contributed by atoms with Crippen molar-refractivity contribution in [3.05, 3.63) is 58.1 Å². The van der Waals surface area contributed by atoms with Crippen LogP contribution in [0.3, 0.4) is 0 Å². The highest BCUT2D eigenvalue weighted by Crippen LogP contribution is 2.28. The van der Waals surface area contributed by atoms with Crippen molar-refractivity contribution in [2.24, 2.45) is 5.92 Å². The average Bonchev–Trinajstić information content (AvgIpc) is 2.64. The summed E-state index contributed by atoms with van der Waals surface area (Å²) in [7, 11) is -3.62. The summed E-state index contributed by atoms with van der Waals surface area (Å²) in [5, 5.41) is 3.60. The molecule has 144 valence electrons. The molecule has 1 N–H and O–H groups in total. The molecule has 0 saturated carbocycles. The number of amides is 1. The van der Waals surface area contributed by atoms with Crippen molar-refractivity contribution in [2.75, 3.05) is 18.4 Å². The number of nitrogens with zero attached hydrogens (tertiary/aromatic N) is 1. The molecule has 1 saturated heterocycles. The number of halogens is 2. The maximum Gasteiger partial charge on any atom is 0.243 e. The third-order valence-electron chi connectivity index (χ3n) is 4.60. The third kappa shape index (κ3) is 4.63. The van der Waals surface area contributed by atoms with Crippen LogP contribution in [-0.4, -0.2) is 31.7 Å². The molecule has 1 atom stereocenters. The lowest BCUT2D eigenvalue weighted by Gasteiger charge is -2.31. The van der Waals surface area contributed by atoms with E-state index in [1.54, 1.807) is 42.5 Å². The van der Waals surface area contributed by atoms with E-state index in [1.165, 1.54) is 4.31 Å². The monoisotopic (exact) mass is 426 g/mol. The molecule has 0 unspecified atom stereocenters. The predicted octanol–water partition coefficient (Wildman–Crippen LogP) is 4.34. The minimum atomic E-state index is -3.62. The summed E-state index contributed by atoms with van der Waals surface area (Å²) < 4.78 is 27.1. The first-order chi connectivity index (χ1) is 12.8. The van der Waals surface area contributed by atoms with E-state index in [-0.39, 0.29) is 17.3 Å². The first-order valence-electron chi connectivity index (χ1n) is 8.60. The molecule has 2 aromatic carbocycles. The summed E-state index contributed by atoms with van der Waals surface area (Å²) in [6.45, 7) is 2.45. The molecule has 0 spiro atoms. The Bertz CT molecular complexity index is 946. The standard InChI is InChI=1S/C19H20Cl2N2O3S/c1-13-4-7-16(8-5-13)27(25,26)23-10-2-3-14(12-23)19(24)22-18-9-6-15(20)11-17(18)21/h4-9,11,14H,2-3,10,12H2,1H3,(H,22,24)/t14-/m1/s1. The minimum absolute atomic E-state index is 0.146. The number of rotatable bonds is 4. The zero-order valence-corrected chi connectivity index (χ0v) is 17.1. The fraction of sp³-hybridized carbons (Fsp3) is 0.316. The Morgan fingerprint density at radius 2 is 1.85 bits per heavy atom. The van der Waals surface area contributed by atoms with Gasteiger partial charge in [-0.05, 0) is 50.1 Å². The fourth-order valence-corrected chi connectivity index (χ4v) is 5.04. The number of hydrogen-bond acceptors (Lipinski definition) is 3. The largest absolute Gasteiger partial charge is 0.324 e. The minimum Gasteiger partial charge on any atom is -0.324 e. The Hall–Kier alpha value is -1.60. The van der Waals surface area contributed by atoms with Gasteiger partial charge >= 0.3 is 0 Å². The number of hydrogen-bond donors (Lipinski definition) is 1. The molecule has 0 aromatic heterocycles. The van der Waals surface area contributed by atoms with E-state index in [0.29, 0.717) is 35.1 Å².